The Morgan fingerprint density at radius 3 is 2.38 bits per heavy atom. The van der Waals surface area contributed by atoms with Crippen molar-refractivity contribution in [1.82, 2.24) is 0 Å². The fourth-order valence-corrected chi connectivity index (χ4v) is 2.05. The Hall–Kier alpha value is -3.02. The molecular formula is C20H23NO5. The van der Waals surface area contributed by atoms with E-state index < -0.39 is 0 Å². The van der Waals surface area contributed by atoms with Crippen LogP contribution in [-0.4, -0.2) is 32.2 Å². The third-order valence-electron chi connectivity index (χ3n) is 3.36. The fraction of sp³-hybridized carbons (Fsp3) is 0.300. The molecule has 6 nitrogen and oxygen atoms in total. The van der Waals surface area contributed by atoms with Gasteiger partial charge in [0.25, 0.3) is 5.91 Å². The molecule has 0 spiro atoms. The van der Waals surface area contributed by atoms with Gasteiger partial charge in [-0.2, -0.15) is 0 Å². The Balaban J connectivity index is 1.84. The predicted molar refractivity (Wildman–Crippen MR) is 98.7 cm³/mol. The maximum Gasteiger partial charge on any atom is 0.338 e. The van der Waals surface area contributed by atoms with Crippen molar-refractivity contribution in [3.63, 3.8) is 0 Å². The molecule has 2 aromatic rings. The number of amides is 1. The molecule has 0 atom stereocenters. The van der Waals surface area contributed by atoms with Crippen LogP contribution in [0.25, 0.3) is 0 Å². The smallest absolute Gasteiger partial charge is 0.338 e. The summed E-state index contributed by atoms with van der Waals surface area (Å²) in [6.45, 7) is 4.18. The first-order valence-electron chi connectivity index (χ1n) is 8.32. The topological polar surface area (TPSA) is 73.9 Å². The van der Waals surface area contributed by atoms with Gasteiger partial charge in [0.1, 0.15) is 11.5 Å². The summed E-state index contributed by atoms with van der Waals surface area (Å²) in [5, 5.41) is 2.71. The second kappa shape index (κ2) is 9.46. The molecule has 0 heterocycles. The molecule has 138 valence electrons. The Morgan fingerprint density at radius 1 is 1.04 bits per heavy atom. The van der Waals surface area contributed by atoms with Crippen molar-refractivity contribution < 1.29 is 23.8 Å². The zero-order chi connectivity index (χ0) is 18.9. The summed E-state index contributed by atoms with van der Waals surface area (Å²) < 4.78 is 15.7. The Morgan fingerprint density at radius 2 is 1.73 bits per heavy atom. The molecule has 0 saturated heterocycles. The standard InChI is InChI=1S/C20H23NO5/c1-14(2)12-26-20(23)15-7-9-16(10-8-15)21-19(22)13-25-18-6-4-5-17(11-18)24-3/h4-11,14H,12-13H2,1-3H3,(H,21,22). The number of carbonyl (C=O) groups excluding carboxylic acids is 2. The number of anilines is 1. The Labute approximate surface area is 153 Å². The maximum absolute atomic E-state index is 12.0. The van der Waals surface area contributed by atoms with Gasteiger partial charge >= 0.3 is 5.97 Å². The summed E-state index contributed by atoms with van der Waals surface area (Å²) in [6, 6.07) is 13.5. The summed E-state index contributed by atoms with van der Waals surface area (Å²) >= 11 is 0. The van der Waals surface area contributed by atoms with Gasteiger partial charge in [0.05, 0.1) is 19.3 Å². The molecule has 0 aliphatic rings. The molecule has 2 rings (SSSR count). The van der Waals surface area contributed by atoms with E-state index in [1.165, 1.54) is 0 Å². The van der Waals surface area contributed by atoms with Crippen LogP contribution < -0.4 is 14.8 Å². The zero-order valence-electron chi connectivity index (χ0n) is 15.2. The molecule has 1 amide bonds. The van der Waals surface area contributed by atoms with Crippen LogP contribution in [0.15, 0.2) is 48.5 Å². The van der Waals surface area contributed by atoms with E-state index in [9.17, 15) is 9.59 Å². The van der Waals surface area contributed by atoms with Gasteiger partial charge in [-0.05, 0) is 42.3 Å². The van der Waals surface area contributed by atoms with Crippen molar-refractivity contribution in [3.8, 4) is 11.5 Å². The third kappa shape index (κ3) is 6.12. The van der Waals surface area contributed by atoms with Crippen LogP contribution in [0.5, 0.6) is 11.5 Å². The number of esters is 1. The van der Waals surface area contributed by atoms with Gasteiger partial charge in [0.2, 0.25) is 0 Å². The van der Waals surface area contributed by atoms with Crippen molar-refractivity contribution >= 4 is 17.6 Å². The van der Waals surface area contributed by atoms with E-state index in [1.54, 1.807) is 55.6 Å². The van der Waals surface area contributed by atoms with Gasteiger partial charge in [-0.3, -0.25) is 4.79 Å². The number of hydrogen-bond acceptors (Lipinski definition) is 5. The average Bonchev–Trinajstić information content (AvgIpc) is 2.65. The normalized spacial score (nSPS) is 10.3. The Kier molecular flexibility index (Phi) is 7.02. The van der Waals surface area contributed by atoms with Crippen LogP contribution in [0.4, 0.5) is 5.69 Å². The van der Waals surface area contributed by atoms with E-state index in [2.05, 4.69) is 5.32 Å². The van der Waals surface area contributed by atoms with Crippen molar-refractivity contribution in [2.45, 2.75) is 13.8 Å². The van der Waals surface area contributed by atoms with Crippen LogP contribution >= 0.6 is 0 Å². The molecule has 0 aromatic heterocycles. The molecule has 26 heavy (non-hydrogen) atoms. The second-order valence-electron chi connectivity index (χ2n) is 6.09. The van der Waals surface area contributed by atoms with Crippen LogP contribution in [-0.2, 0) is 9.53 Å². The zero-order valence-corrected chi connectivity index (χ0v) is 15.2. The molecular weight excluding hydrogens is 334 g/mol. The minimum Gasteiger partial charge on any atom is -0.497 e. The van der Waals surface area contributed by atoms with Crippen molar-refractivity contribution in [2.24, 2.45) is 5.92 Å². The van der Waals surface area contributed by atoms with E-state index in [0.717, 1.165) is 0 Å². The minimum absolute atomic E-state index is 0.134. The van der Waals surface area contributed by atoms with Crippen molar-refractivity contribution in [2.75, 3.05) is 25.6 Å². The summed E-state index contributed by atoms with van der Waals surface area (Å²) in [5.41, 5.74) is 1.01. The lowest BCUT2D eigenvalue weighted by Crippen LogP contribution is -2.20. The molecule has 0 aliphatic heterocycles. The highest BCUT2D eigenvalue weighted by Crippen LogP contribution is 2.19. The lowest BCUT2D eigenvalue weighted by atomic mass is 10.2. The average molecular weight is 357 g/mol. The molecule has 0 radical (unpaired) electrons. The molecule has 0 saturated carbocycles. The molecule has 0 bridgehead atoms. The number of ether oxygens (including phenoxy) is 3. The first-order valence-corrected chi connectivity index (χ1v) is 8.32. The summed E-state index contributed by atoms with van der Waals surface area (Å²) in [7, 11) is 1.56. The van der Waals surface area contributed by atoms with Crippen LogP contribution in [0.2, 0.25) is 0 Å². The molecule has 2 aromatic carbocycles. The highest BCUT2D eigenvalue weighted by Gasteiger charge is 2.09. The molecule has 0 unspecified atom stereocenters. The number of carbonyl (C=O) groups is 2. The van der Waals surface area contributed by atoms with Gasteiger partial charge in [-0.25, -0.2) is 4.79 Å². The maximum atomic E-state index is 12.0. The van der Waals surface area contributed by atoms with Gasteiger partial charge < -0.3 is 19.5 Å². The van der Waals surface area contributed by atoms with E-state index in [0.29, 0.717) is 29.4 Å². The van der Waals surface area contributed by atoms with Gasteiger partial charge in [-0.15, -0.1) is 0 Å². The number of hydrogen-bond donors (Lipinski definition) is 1. The summed E-state index contributed by atoms with van der Waals surface area (Å²) in [6.07, 6.45) is 0. The fourth-order valence-electron chi connectivity index (χ4n) is 2.05. The molecule has 0 fully saturated rings. The minimum atomic E-state index is -0.377. The van der Waals surface area contributed by atoms with E-state index >= 15 is 0 Å². The van der Waals surface area contributed by atoms with E-state index in [4.69, 9.17) is 14.2 Å². The highest BCUT2D eigenvalue weighted by atomic mass is 16.5. The van der Waals surface area contributed by atoms with E-state index in [-0.39, 0.29) is 24.4 Å². The first-order chi connectivity index (χ1) is 12.5. The quantitative estimate of drug-likeness (QED) is 0.732. The predicted octanol–water partition coefficient (Wildman–Crippen LogP) is 3.53. The number of nitrogens with one attached hydrogen (secondary N) is 1. The van der Waals surface area contributed by atoms with Crippen LogP contribution in [0.3, 0.4) is 0 Å². The summed E-state index contributed by atoms with van der Waals surface area (Å²) in [5.74, 6) is 0.800. The summed E-state index contributed by atoms with van der Waals surface area (Å²) in [4.78, 5) is 23.8. The first kappa shape index (κ1) is 19.3. The molecule has 0 aliphatic carbocycles. The lowest BCUT2D eigenvalue weighted by molar-refractivity contribution is -0.118. The third-order valence-corrected chi connectivity index (χ3v) is 3.36. The number of rotatable bonds is 8. The largest absolute Gasteiger partial charge is 0.497 e. The van der Waals surface area contributed by atoms with Crippen molar-refractivity contribution in [3.05, 3.63) is 54.1 Å². The number of benzene rings is 2. The van der Waals surface area contributed by atoms with Crippen LogP contribution in [0, 0.1) is 5.92 Å². The Bertz CT molecular complexity index is 740. The van der Waals surface area contributed by atoms with Crippen LogP contribution in [0.1, 0.15) is 24.2 Å². The van der Waals surface area contributed by atoms with Gasteiger partial charge in [-0.1, -0.05) is 19.9 Å². The lowest BCUT2D eigenvalue weighted by Gasteiger charge is -2.10. The second-order valence-corrected chi connectivity index (χ2v) is 6.09. The van der Waals surface area contributed by atoms with E-state index in [1.807, 2.05) is 13.8 Å². The van der Waals surface area contributed by atoms with Gasteiger partial charge in [0.15, 0.2) is 6.61 Å². The number of methoxy groups -OCH3 is 1. The highest BCUT2D eigenvalue weighted by molar-refractivity contribution is 5.93. The molecule has 6 heteroatoms. The van der Waals surface area contributed by atoms with Gasteiger partial charge in [0, 0.05) is 11.8 Å². The monoisotopic (exact) mass is 357 g/mol. The SMILES string of the molecule is COc1cccc(OCC(=O)Nc2ccc(C(=O)OCC(C)C)cc2)c1. The molecule has 1 N–H and O–H groups in total. The van der Waals surface area contributed by atoms with Crippen molar-refractivity contribution in [1.29, 1.82) is 0 Å².